The molecular formula is C51H30N6. The Morgan fingerprint density at radius 1 is 0.368 bits per heavy atom. The molecule has 0 bridgehead atoms. The van der Waals surface area contributed by atoms with Crippen molar-refractivity contribution in [2.24, 2.45) is 0 Å². The van der Waals surface area contributed by atoms with Crippen molar-refractivity contribution in [3.8, 4) is 34.4 Å². The topological polar surface area (TPSA) is 52.9 Å². The van der Waals surface area contributed by atoms with Gasteiger partial charge in [0.1, 0.15) is 0 Å². The minimum atomic E-state index is -0.696. The van der Waals surface area contributed by atoms with Crippen LogP contribution in [0.4, 0.5) is 0 Å². The first-order chi connectivity index (χ1) is 34.9. The molecule has 0 aliphatic carbocycles. The molecule has 0 amide bonds. The number of para-hydroxylation sites is 6. The Morgan fingerprint density at radius 3 is 1.44 bits per heavy atom. The number of aromatic nitrogens is 6. The van der Waals surface area contributed by atoms with E-state index in [0.29, 0.717) is 16.7 Å². The van der Waals surface area contributed by atoms with Gasteiger partial charge in [-0.2, -0.15) is 15.0 Å². The average molecular weight is 743 g/mol. The van der Waals surface area contributed by atoms with Crippen molar-refractivity contribution in [3.63, 3.8) is 0 Å². The third-order valence-corrected chi connectivity index (χ3v) is 10.8. The second kappa shape index (κ2) is 11.4. The van der Waals surface area contributed by atoms with Crippen LogP contribution in [0.25, 0.3) is 116 Å². The maximum atomic E-state index is 9.27. The summed E-state index contributed by atoms with van der Waals surface area (Å²) in [5.41, 5.74) is 3.42. The van der Waals surface area contributed by atoms with Gasteiger partial charge in [-0.1, -0.05) is 139 Å². The van der Waals surface area contributed by atoms with Gasteiger partial charge in [-0.25, -0.2) is 0 Å². The molecule has 264 valence electrons. The van der Waals surface area contributed by atoms with Crippen LogP contribution < -0.4 is 0 Å². The molecule has 0 N–H and O–H groups in total. The van der Waals surface area contributed by atoms with Gasteiger partial charge >= 0.3 is 0 Å². The van der Waals surface area contributed by atoms with Crippen LogP contribution in [0.5, 0.6) is 0 Å². The number of nitrogens with zero attached hydrogens (tertiary/aromatic N) is 6. The highest BCUT2D eigenvalue weighted by atomic mass is 15.3. The Kier molecular flexibility index (Phi) is 3.82. The van der Waals surface area contributed by atoms with Gasteiger partial charge in [0, 0.05) is 48.7 Å². The summed E-state index contributed by atoms with van der Waals surface area (Å²) in [6, 6.07) is 17.0. The van der Waals surface area contributed by atoms with E-state index in [4.69, 9.17) is 31.4 Å². The second-order valence-electron chi connectivity index (χ2n) is 13.7. The summed E-state index contributed by atoms with van der Waals surface area (Å²) in [6.07, 6.45) is 0. The molecule has 8 aromatic carbocycles. The van der Waals surface area contributed by atoms with E-state index < -0.39 is 109 Å². The molecule has 0 aliphatic rings. The average Bonchev–Trinajstić information content (AvgIpc) is 4.16. The van der Waals surface area contributed by atoms with E-state index in [2.05, 4.69) is 28.7 Å². The molecular weight excluding hydrogens is 697 g/mol. The van der Waals surface area contributed by atoms with Crippen LogP contribution in [-0.4, -0.2) is 28.5 Å². The smallest absolute Gasteiger partial charge is 0.240 e. The van der Waals surface area contributed by atoms with E-state index in [-0.39, 0.29) is 49.4 Å². The van der Waals surface area contributed by atoms with Gasteiger partial charge in [0.05, 0.1) is 60.5 Å². The third kappa shape index (κ3) is 4.16. The number of fused-ring (bicyclic) bond motifs is 12. The fraction of sp³-hybridized carbons (Fsp3) is 0. The van der Waals surface area contributed by atoms with E-state index in [1.54, 1.807) is 12.1 Å². The maximum absolute atomic E-state index is 9.27. The fourth-order valence-corrected chi connectivity index (χ4v) is 8.45. The Bertz CT molecular complexity index is 4380. The molecule has 0 aliphatic heterocycles. The standard InChI is InChI=1S/C51H30N6/c1-2-20-40(32(14-1)31-28-29-47-41(30-31)39-22-13-21-38-37-19-7-8-23-42(37)55(47)48(38)39)49-52-50(56-43-24-9-3-15-33(43)34-16-4-10-25-44(34)56)54-51(53-49)57-45-26-11-5-17-35(45)36-18-6-12-27-46(36)57/h1-30H/i3D,4D,5D,6D,9D,10D,11D,12D,15D,16D,17D,18D,24D,25D,26D,27D. The second-order valence-corrected chi connectivity index (χ2v) is 13.7. The lowest BCUT2D eigenvalue weighted by atomic mass is 9.97. The Labute approximate surface area is 348 Å². The van der Waals surface area contributed by atoms with E-state index in [9.17, 15) is 5.48 Å². The monoisotopic (exact) mass is 742 g/mol. The van der Waals surface area contributed by atoms with E-state index in [1.165, 1.54) is 0 Å². The highest BCUT2D eigenvalue weighted by Crippen LogP contribution is 2.42. The first kappa shape index (κ1) is 19.2. The van der Waals surface area contributed by atoms with Crippen molar-refractivity contribution in [2.45, 2.75) is 0 Å². The van der Waals surface area contributed by atoms with Crippen molar-refractivity contribution >= 4 is 81.7 Å². The lowest BCUT2D eigenvalue weighted by Crippen LogP contribution is -2.10. The zero-order chi connectivity index (χ0) is 51.1. The lowest BCUT2D eigenvalue weighted by molar-refractivity contribution is 0.893. The van der Waals surface area contributed by atoms with Gasteiger partial charge in [0.2, 0.25) is 11.9 Å². The quantitative estimate of drug-likeness (QED) is 0.180. The normalized spacial score (nSPS) is 16.1. The van der Waals surface area contributed by atoms with Gasteiger partial charge in [0.25, 0.3) is 0 Å². The summed E-state index contributed by atoms with van der Waals surface area (Å²) in [7, 11) is 0. The molecule has 5 heterocycles. The SMILES string of the molecule is [2H]c1c([2H])c([2H])c2c(c1[2H])c1c([2H])c([2H])c([2H])c([2H])c1n2-c1nc(-c2ccccc2-c2ccc3c(c2)c2cccc4c5ccccc5n3c42)nc(-n2c3c([2H])c([2H])c([2H])c([2H])c3c3c([2H])c([2H])c([2H])c([2H])c32)n1. The van der Waals surface area contributed by atoms with Crippen LogP contribution in [0.3, 0.4) is 0 Å². The first-order valence-corrected chi connectivity index (χ1v) is 18.0. The molecule has 6 heteroatoms. The van der Waals surface area contributed by atoms with Gasteiger partial charge in [-0.05, 0) is 53.5 Å². The van der Waals surface area contributed by atoms with E-state index >= 15 is 0 Å². The van der Waals surface area contributed by atoms with Crippen LogP contribution in [0, 0.1) is 0 Å². The van der Waals surface area contributed by atoms with Crippen LogP contribution in [0.1, 0.15) is 21.9 Å². The van der Waals surface area contributed by atoms with Crippen LogP contribution in [0.15, 0.2) is 182 Å². The highest BCUT2D eigenvalue weighted by molar-refractivity contribution is 6.23. The molecule has 6 nitrogen and oxygen atoms in total. The summed E-state index contributed by atoms with van der Waals surface area (Å²) >= 11 is 0. The van der Waals surface area contributed by atoms with Crippen LogP contribution in [-0.2, 0) is 0 Å². The molecule has 0 radical (unpaired) electrons. The number of hydrogen-bond donors (Lipinski definition) is 0. The number of rotatable bonds is 4. The summed E-state index contributed by atoms with van der Waals surface area (Å²) in [5.74, 6) is -1.06. The molecule has 13 rings (SSSR count). The molecule has 0 fully saturated rings. The zero-order valence-corrected chi connectivity index (χ0v) is 29.3. The summed E-state index contributed by atoms with van der Waals surface area (Å²) in [4.78, 5) is 14.8. The molecule has 13 aromatic rings. The van der Waals surface area contributed by atoms with Gasteiger partial charge in [-0.3, -0.25) is 9.13 Å². The van der Waals surface area contributed by atoms with Crippen molar-refractivity contribution in [1.82, 2.24) is 28.5 Å². The highest BCUT2D eigenvalue weighted by Gasteiger charge is 2.23. The Morgan fingerprint density at radius 2 is 0.842 bits per heavy atom. The van der Waals surface area contributed by atoms with E-state index in [1.807, 2.05) is 48.5 Å². The molecule has 0 spiro atoms. The molecule has 0 unspecified atom stereocenters. The summed E-state index contributed by atoms with van der Waals surface area (Å²) in [5, 5.41) is 3.12. The van der Waals surface area contributed by atoms with Crippen molar-refractivity contribution in [2.75, 3.05) is 0 Å². The minimum Gasteiger partial charge on any atom is -0.308 e. The summed E-state index contributed by atoms with van der Waals surface area (Å²) in [6.45, 7) is 0. The van der Waals surface area contributed by atoms with Crippen molar-refractivity contribution in [1.29, 1.82) is 0 Å². The predicted octanol–water partition coefficient (Wildman–Crippen LogP) is 12.5. The largest absolute Gasteiger partial charge is 0.308 e. The van der Waals surface area contributed by atoms with Crippen molar-refractivity contribution in [3.05, 3.63) is 182 Å². The fourth-order valence-electron chi connectivity index (χ4n) is 8.45. The zero-order valence-electron chi connectivity index (χ0n) is 45.3. The van der Waals surface area contributed by atoms with Crippen LogP contribution in [0.2, 0.25) is 0 Å². The maximum Gasteiger partial charge on any atom is 0.240 e. The molecule has 57 heavy (non-hydrogen) atoms. The van der Waals surface area contributed by atoms with Gasteiger partial charge in [-0.15, -0.1) is 0 Å². The van der Waals surface area contributed by atoms with Crippen LogP contribution >= 0.6 is 0 Å². The molecule has 5 aromatic heterocycles. The van der Waals surface area contributed by atoms with E-state index in [0.717, 1.165) is 47.2 Å². The van der Waals surface area contributed by atoms with Gasteiger partial charge in [0.15, 0.2) is 5.82 Å². The Hall–Kier alpha value is -7.83. The van der Waals surface area contributed by atoms with Gasteiger partial charge < -0.3 is 4.40 Å². The minimum absolute atomic E-state index is 0.135. The Balaban J connectivity index is 1.19. The van der Waals surface area contributed by atoms with Crippen molar-refractivity contribution < 1.29 is 21.9 Å². The number of hydrogen-bond acceptors (Lipinski definition) is 3. The molecule has 0 saturated heterocycles. The number of benzene rings is 8. The lowest BCUT2D eigenvalue weighted by Gasteiger charge is -2.14. The molecule has 0 saturated carbocycles. The first-order valence-electron chi connectivity index (χ1n) is 26.0. The summed E-state index contributed by atoms with van der Waals surface area (Å²) < 4.78 is 147. The molecule has 0 atom stereocenters. The predicted molar refractivity (Wildman–Crippen MR) is 234 cm³/mol. The third-order valence-electron chi connectivity index (χ3n) is 10.8.